The van der Waals surface area contributed by atoms with Crippen LogP contribution in [0.3, 0.4) is 0 Å². The van der Waals surface area contributed by atoms with Gasteiger partial charge in [-0.05, 0) is 36.8 Å². The molecule has 136 valence electrons. The Balaban J connectivity index is 1.99. The predicted octanol–water partition coefficient (Wildman–Crippen LogP) is 2.10. The van der Waals surface area contributed by atoms with Gasteiger partial charge >= 0.3 is 12.0 Å². The van der Waals surface area contributed by atoms with Crippen molar-refractivity contribution in [2.45, 2.75) is 39.2 Å². The van der Waals surface area contributed by atoms with Crippen molar-refractivity contribution in [3.8, 4) is 0 Å². The van der Waals surface area contributed by atoms with Crippen molar-refractivity contribution in [1.82, 2.24) is 10.3 Å². The number of hydrogen-bond donors (Lipinski definition) is 2. The van der Waals surface area contributed by atoms with Gasteiger partial charge in [0, 0.05) is 11.1 Å². The van der Waals surface area contributed by atoms with Crippen LogP contribution in [0, 0.1) is 5.92 Å². The minimum Gasteiger partial charge on any atom is -0.448 e. The molecule has 1 aromatic heterocycles. The molecule has 0 spiro atoms. The van der Waals surface area contributed by atoms with Crippen LogP contribution >= 0.6 is 0 Å². The number of rotatable bonds is 4. The summed E-state index contributed by atoms with van der Waals surface area (Å²) in [6, 6.07) is 6.40. The first-order chi connectivity index (χ1) is 12.4. The van der Waals surface area contributed by atoms with Gasteiger partial charge < -0.3 is 10.5 Å². The second-order valence-corrected chi connectivity index (χ2v) is 6.71. The molecule has 3 N–H and O–H groups in total. The van der Waals surface area contributed by atoms with Gasteiger partial charge in [0.1, 0.15) is 0 Å². The molecule has 3 amide bonds. The van der Waals surface area contributed by atoms with Gasteiger partial charge in [-0.2, -0.15) is 0 Å². The molecule has 7 nitrogen and oxygen atoms in total. The first-order valence-corrected chi connectivity index (χ1v) is 8.60. The normalized spacial score (nSPS) is 14.1. The lowest BCUT2D eigenvalue weighted by Gasteiger charge is -2.21. The fraction of sp³-hybridized carbons (Fsp3) is 0.368. The van der Waals surface area contributed by atoms with Crippen molar-refractivity contribution in [2.75, 3.05) is 0 Å². The van der Waals surface area contributed by atoms with Gasteiger partial charge in [0.05, 0.1) is 11.1 Å². The predicted molar refractivity (Wildman–Crippen MR) is 95.5 cm³/mol. The fourth-order valence-electron chi connectivity index (χ4n) is 3.30. The lowest BCUT2D eigenvalue weighted by molar-refractivity contribution is -0.130. The number of nitrogens with one attached hydrogen (secondary N) is 1. The van der Waals surface area contributed by atoms with Gasteiger partial charge in [-0.1, -0.05) is 32.0 Å². The van der Waals surface area contributed by atoms with E-state index in [1.54, 1.807) is 13.8 Å². The van der Waals surface area contributed by atoms with Gasteiger partial charge in [0.2, 0.25) is 0 Å². The van der Waals surface area contributed by atoms with Crippen LogP contribution < -0.4 is 11.1 Å². The molecule has 1 aliphatic carbocycles. The Labute approximate surface area is 150 Å². The maximum atomic E-state index is 13.0. The summed E-state index contributed by atoms with van der Waals surface area (Å²) in [7, 11) is 0. The summed E-state index contributed by atoms with van der Waals surface area (Å²) in [5.74, 6) is -1.63. The van der Waals surface area contributed by atoms with Gasteiger partial charge in [0.15, 0.2) is 6.10 Å². The number of benzene rings is 1. The molecular weight excluding hydrogens is 334 g/mol. The number of aromatic nitrogens is 1. The Morgan fingerprint density at radius 2 is 1.92 bits per heavy atom. The maximum absolute atomic E-state index is 13.0. The van der Waals surface area contributed by atoms with E-state index in [0.29, 0.717) is 10.9 Å². The number of nitrogens with zero attached hydrogens (tertiary/aromatic N) is 1. The lowest BCUT2D eigenvalue weighted by atomic mass is 10.0. The molecule has 0 saturated heterocycles. The van der Waals surface area contributed by atoms with Gasteiger partial charge in [0.25, 0.3) is 5.91 Å². The Morgan fingerprint density at radius 1 is 1.19 bits per heavy atom. The molecule has 3 rings (SSSR count). The average Bonchev–Trinajstić information content (AvgIpc) is 3.03. The third-order valence-electron chi connectivity index (χ3n) is 4.47. The molecule has 7 heteroatoms. The van der Waals surface area contributed by atoms with E-state index in [9.17, 15) is 14.4 Å². The monoisotopic (exact) mass is 355 g/mol. The number of carbonyl (C=O) groups is 3. The number of fused-ring (bicyclic) bond motifs is 2. The van der Waals surface area contributed by atoms with Crippen LogP contribution in [0.25, 0.3) is 10.9 Å². The van der Waals surface area contributed by atoms with Crippen molar-refractivity contribution >= 4 is 28.8 Å². The molecule has 0 fully saturated rings. The summed E-state index contributed by atoms with van der Waals surface area (Å²) in [5, 5.41) is 2.69. The number of para-hydroxylation sites is 1. The maximum Gasteiger partial charge on any atom is 0.339 e. The number of urea groups is 1. The minimum absolute atomic E-state index is 0.320. The van der Waals surface area contributed by atoms with E-state index in [4.69, 9.17) is 10.5 Å². The molecule has 1 aromatic carbocycles. The Kier molecular flexibility index (Phi) is 4.88. The summed E-state index contributed by atoms with van der Waals surface area (Å²) >= 11 is 0. The van der Waals surface area contributed by atoms with Gasteiger partial charge in [-0.3, -0.25) is 15.1 Å². The van der Waals surface area contributed by atoms with Crippen LogP contribution in [0.5, 0.6) is 0 Å². The number of primary amides is 1. The van der Waals surface area contributed by atoms with E-state index in [2.05, 4.69) is 4.98 Å². The number of amides is 3. The van der Waals surface area contributed by atoms with E-state index in [1.807, 2.05) is 29.6 Å². The highest BCUT2D eigenvalue weighted by atomic mass is 16.5. The van der Waals surface area contributed by atoms with E-state index in [1.165, 1.54) is 0 Å². The zero-order valence-electron chi connectivity index (χ0n) is 14.7. The molecule has 1 atom stereocenters. The molecule has 1 heterocycles. The lowest BCUT2D eigenvalue weighted by Crippen LogP contribution is -2.45. The molecule has 26 heavy (non-hydrogen) atoms. The number of carbonyl (C=O) groups excluding carboxylic acids is 3. The second kappa shape index (κ2) is 7.11. The minimum atomic E-state index is -1.11. The number of nitrogens with two attached hydrogens (primary N) is 1. The highest BCUT2D eigenvalue weighted by Gasteiger charge is 2.31. The third-order valence-corrected chi connectivity index (χ3v) is 4.47. The second-order valence-electron chi connectivity index (χ2n) is 6.71. The number of ether oxygens (including phenoxy) is 1. The fourth-order valence-corrected chi connectivity index (χ4v) is 3.30. The van der Waals surface area contributed by atoms with Crippen LogP contribution in [0.4, 0.5) is 4.79 Å². The molecule has 0 radical (unpaired) electrons. The highest BCUT2D eigenvalue weighted by Crippen LogP contribution is 2.31. The number of pyridine rings is 1. The van der Waals surface area contributed by atoms with E-state index in [-0.39, 0.29) is 5.92 Å². The average molecular weight is 355 g/mol. The number of imide groups is 1. The molecule has 2 aromatic rings. The summed E-state index contributed by atoms with van der Waals surface area (Å²) in [4.78, 5) is 40.7. The SMILES string of the molecule is CC(C)[C@@H](OC(=O)c1c2c(nc3ccccc13)CCC2)C(=O)NC(N)=O. The topological polar surface area (TPSA) is 111 Å². The largest absolute Gasteiger partial charge is 0.448 e. The Bertz CT molecular complexity index is 892. The first kappa shape index (κ1) is 17.8. The smallest absolute Gasteiger partial charge is 0.339 e. The summed E-state index contributed by atoms with van der Waals surface area (Å²) < 4.78 is 5.51. The van der Waals surface area contributed by atoms with E-state index < -0.39 is 24.0 Å². The third kappa shape index (κ3) is 3.37. The number of esters is 1. The van der Waals surface area contributed by atoms with E-state index in [0.717, 1.165) is 36.0 Å². The Morgan fingerprint density at radius 3 is 2.62 bits per heavy atom. The van der Waals surface area contributed by atoms with Crippen LogP contribution in [-0.2, 0) is 22.4 Å². The zero-order valence-corrected chi connectivity index (χ0v) is 14.7. The standard InChI is InChI=1S/C19H21N3O4/c1-10(2)16(17(23)22-19(20)25)26-18(24)15-11-6-3-4-8-13(11)21-14-9-5-7-12(14)15/h3-4,6,8,10,16H,5,7,9H2,1-2H3,(H3,20,22,23,25)/t16-/m1/s1. The highest BCUT2D eigenvalue weighted by molar-refractivity contribution is 6.06. The molecule has 0 saturated carbocycles. The van der Waals surface area contributed by atoms with Crippen LogP contribution in [0.1, 0.15) is 41.9 Å². The zero-order chi connectivity index (χ0) is 18.8. The first-order valence-electron chi connectivity index (χ1n) is 8.60. The van der Waals surface area contributed by atoms with Gasteiger partial charge in [-0.25, -0.2) is 9.59 Å². The number of hydrogen-bond acceptors (Lipinski definition) is 5. The quantitative estimate of drug-likeness (QED) is 0.816. The van der Waals surface area contributed by atoms with Crippen molar-refractivity contribution in [2.24, 2.45) is 11.7 Å². The molecule has 0 bridgehead atoms. The number of aryl methyl sites for hydroxylation is 1. The summed E-state index contributed by atoms with van der Waals surface area (Å²) in [5.41, 5.74) is 7.97. The van der Waals surface area contributed by atoms with Crippen molar-refractivity contribution in [3.63, 3.8) is 0 Å². The van der Waals surface area contributed by atoms with Crippen LogP contribution in [0.15, 0.2) is 24.3 Å². The van der Waals surface area contributed by atoms with Crippen LogP contribution in [0.2, 0.25) is 0 Å². The van der Waals surface area contributed by atoms with Crippen LogP contribution in [-0.4, -0.2) is 29.0 Å². The molecule has 0 aliphatic heterocycles. The van der Waals surface area contributed by atoms with E-state index >= 15 is 0 Å². The molecule has 0 unspecified atom stereocenters. The Hall–Kier alpha value is -2.96. The molecular formula is C19H21N3O4. The van der Waals surface area contributed by atoms with Crippen molar-refractivity contribution in [3.05, 3.63) is 41.1 Å². The van der Waals surface area contributed by atoms with Crippen molar-refractivity contribution in [1.29, 1.82) is 0 Å². The van der Waals surface area contributed by atoms with Gasteiger partial charge in [-0.15, -0.1) is 0 Å². The van der Waals surface area contributed by atoms with Crippen molar-refractivity contribution < 1.29 is 19.1 Å². The molecule has 1 aliphatic rings. The summed E-state index contributed by atoms with van der Waals surface area (Å²) in [6.45, 7) is 3.46. The summed E-state index contributed by atoms with van der Waals surface area (Å²) in [6.07, 6.45) is 1.38.